The summed E-state index contributed by atoms with van der Waals surface area (Å²) in [5.74, 6) is -2.37. The van der Waals surface area contributed by atoms with Crippen LogP contribution in [0.5, 0.6) is 0 Å². The van der Waals surface area contributed by atoms with Crippen LogP contribution in [-0.2, 0) is 20.9 Å². The molecule has 0 radical (unpaired) electrons. The molecule has 3 aromatic rings. The second-order valence-electron chi connectivity index (χ2n) is 15.1. The SMILES string of the molecule is Cc1cc(N2CCC(N(Cc3cccc(N4CCCC4)c3)C(=O)CCCCCNc3cccc4c3C(=O)C(C3CCC(=O)NC3=O)C4=O)CC2)nc(N)n1. The number of carbonyl (C=O) groups is 5. The number of carbonyl (C=O) groups excluding carboxylic acids is 5. The van der Waals surface area contributed by atoms with Gasteiger partial charge in [0.15, 0.2) is 11.6 Å². The number of ketones is 2. The van der Waals surface area contributed by atoms with Crippen molar-refractivity contribution in [2.24, 2.45) is 11.8 Å². The third-order valence-corrected chi connectivity index (χ3v) is 11.4. The number of aryl methyl sites for hydroxylation is 1. The van der Waals surface area contributed by atoms with Crippen molar-refractivity contribution in [3.63, 3.8) is 0 Å². The Morgan fingerprint density at radius 2 is 1.69 bits per heavy atom. The van der Waals surface area contributed by atoms with Gasteiger partial charge < -0.3 is 25.8 Å². The first kappa shape index (κ1) is 37.0. The van der Waals surface area contributed by atoms with Crippen molar-refractivity contribution < 1.29 is 24.0 Å². The highest BCUT2D eigenvalue weighted by atomic mass is 16.2. The number of nitrogens with one attached hydrogen (secondary N) is 2. The highest BCUT2D eigenvalue weighted by Crippen LogP contribution is 2.38. The van der Waals surface area contributed by atoms with Crippen LogP contribution in [-0.4, -0.2) is 82.9 Å². The standard InChI is InChI=1S/C41H50N8O5/c1-26-23-33(45-41(42)44-26)48-21-16-28(17-22-48)49(25-27-9-7-10-29(24-27)47-19-5-6-20-47)35(51)13-3-2-4-18-43-32-12-8-11-30-36(32)39(53)37(38(30)52)31-14-15-34(50)46-40(31)54/h7-12,23-24,28,31,37,43H,2-6,13-22,25H2,1H3,(H2,42,44,45)(H,46,50,54). The second kappa shape index (κ2) is 16.4. The average molecular weight is 735 g/mol. The zero-order chi connectivity index (χ0) is 37.8. The first-order valence-corrected chi connectivity index (χ1v) is 19.4. The highest BCUT2D eigenvalue weighted by Gasteiger charge is 2.48. The molecule has 1 aliphatic carbocycles. The first-order chi connectivity index (χ1) is 26.2. The highest BCUT2D eigenvalue weighted by molar-refractivity contribution is 6.30. The predicted octanol–water partition coefficient (Wildman–Crippen LogP) is 4.69. The van der Waals surface area contributed by atoms with E-state index in [4.69, 9.17) is 5.73 Å². The average Bonchev–Trinajstić information content (AvgIpc) is 3.79. The van der Waals surface area contributed by atoms with Crippen LogP contribution in [0.2, 0.25) is 0 Å². The topological polar surface area (TPSA) is 171 Å². The Bertz CT molecular complexity index is 1900. The van der Waals surface area contributed by atoms with Gasteiger partial charge in [0.2, 0.25) is 23.7 Å². The molecule has 3 amide bonds. The smallest absolute Gasteiger partial charge is 0.230 e. The van der Waals surface area contributed by atoms with Crippen LogP contribution in [0.3, 0.4) is 0 Å². The number of fused-ring (bicyclic) bond motifs is 1. The van der Waals surface area contributed by atoms with Crippen LogP contribution in [0.1, 0.15) is 96.2 Å². The van der Waals surface area contributed by atoms with Gasteiger partial charge in [0.05, 0.1) is 17.4 Å². The van der Waals surface area contributed by atoms with Crippen LogP contribution in [0.4, 0.5) is 23.1 Å². The van der Waals surface area contributed by atoms with E-state index in [-0.39, 0.29) is 48.2 Å². The first-order valence-electron chi connectivity index (χ1n) is 19.4. The van der Waals surface area contributed by atoms with E-state index in [1.807, 2.05) is 13.0 Å². The van der Waals surface area contributed by atoms with Crippen molar-refractivity contribution in [2.75, 3.05) is 53.6 Å². The van der Waals surface area contributed by atoms with E-state index < -0.39 is 17.7 Å². The maximum absolute atomic E-state index is 14.0. The van der Waals surface area contributed by atoms with Crippen molar-refractivity contribution in [2.45, 2.75) is 83.7 Å². The Morgan fingerprint density at radius 3 is 2.44 bits per heavy atom. The van der Waals surface area contributed by atoms with Gasteiger partial charge in [-0.1, -0.05) is 30.7 Å². The molecular formula is C41H50N8O5. The number of Topliss-reactive ketones (excluding diaryl/α,β-unsaturated/α-hetero) is 2. The van der Waals surface area contributed by atoms with Crippen molar-refractivity contribution in [3.05, 3.63) is 70.9 Å². The van der Waals surface area contributed by atoms with Gasteiger partial charge >= 0.3 is 0 Å². The molecule has 2 atom stereocenters. The Morgan fingerprint density at radius 1 is 0.907 bits per heavy atom. The van der Waals surface area contributed by atoms with Crippen LogP contribution < -0.4 is 26.2 Å². The molecule has 0 spiro atoms. The molecule has 13 nitrogen and oxygen atoms in total. The van der Waals surface area contributed by atoms with Crippen molar-refractivity contribution in [1.82, 2.24) is 20.2 Å². The number of nitrogen functional groups attached to an aromatic ring is 1. The number of hydrogen-bond donors (Lipinski definition) is 3. The molecule has 3 aliphatic heterocycles. The normalized spacial score (nSPS) is 20.3. The summed E-state index contributed by atoms with van der Waals surface area (Å²) in [5.41, 5.74) is 10.4. The zero-order valence-corrected chi connectivity index (χ0v) is 31.0. The molecule has 3 fully saturated rings. The number of anilines is 4. The fraction of sp³-hybridized carbons (Fsp3) is 0.488. The number of nitrogens with two attached hydrogens (primary N) is 1. The number of piperidine rings is 2. The summed E-state index contributed by atoms with van der Waals surface area (Å²) in [7, 11) is 0. The summed E-state index contributed by atoms with van der Waals surface area (Å²) in [6.07, 6.45) is 7.11. The maximum Gasteiger partial charge on any atom is 0.230 e. The van der Waals surface area contributed by atoms with Gasteiger partial charge in [-0.05, 0) is 75.6 Å². The van der Waals surface area contributed by atoms with E-state index in [2.05, 4.69) is 59.6 Å². The molecule has 54 heavy (non-hydrogen) atoms. The fourth-order valence-electron chi connectivity index (χ4n) is 8.54. The number of aromatic nitrogens is 2. The fourth-order valence-corrected chi connectivity index (χ4v) is 8.54. The van der Waals surface area contributed by atoms with Gasteiger partial charge in [0, 0.05) is 86.9 Å². The molecule has 2 aromatic carbocycles. The molecule has 7 rings (SSSR count). The Labute approximate surface area is 316 Å². The van der Waals surface area contributed by atoms with Crippen LogP contribution in [0.15, 0.2) is 48.5 Å². The number of hydrogen-bond acceptors (Lipinski definition) is 11. The van der Waals surface area contributed by atoms with Crippen molar-refractivity contribution >= 4 is 52.4 Å². The van der Waals surface area contributed by atoms with Crippen LogP contribution in [0, 0.1) is 18.8 Å². The van der Waals surface area contributed by atoms with Gasteiger partial charge in [-0.3, -0.25) is 29.3 Å². The Kier molecular flexibility index (Phi) is 11.2. The monoisotopic (exact) mass is 734 g/mol. The Balaban J connectivity index is 0.948. The van der Waals surface area contributed by atoms with E-state index in [9.17, 15) is 24.0 Å². The summed E-state index contributed by atoms with van der Waals surface area (Å²) >= 11 is 0. The van der Waals surface area contributed by atoms with E-state index in [0.717, 1.165) is 75.4 Å². The minimum atomic E-state index is -1.10. The molecule has 284 valence electrons. The molecule has 3 saturated heterocycles. The molecule has 4 aliphatic rings. The molecule has 4 heterocycles. The Hall–Kier alpha value is -5.33. The minimum Gasteiger partial charge on any atom is -0.384 e. The summed E-state index contributed by atoms with van der Waals surface area (Å²) < 4.78 is 0. The summed E-state index contributed by atoms with van der Waals surface area (Å²) in [6, 6.07) is 15.8. The molecule has 2 unspecified atom stereocenters. The number of benzene rings is 2. The largest absolute Gasteiger partial charge is 0.384 e. The van der Waals surface area contributed by atoms with Crippen LogP contribution in [0.25, 0.3) is 0 Å². The third kappa shape index (κ3) is 8.09. The van der Waals surface area contributed by atoms with Crippen LogP contribution >= 0.6 is 0 Å². The van der Waals surface area contributed by atoms with E-state index in [0.29, 0.717) is 36.3 Å². The minimum absolute atomic E-state index is 0.107. The molecule has 13 heteroatoms. The summed E-state index contributed by atoms with van der Waals surface area (Å²) in [6.45, 7) is 6.72. The number of rotatable bonds is 13. The second-order valence-corrected chi connectivity index (χ2v) is 15.1. The quantitative estimate of drug-likeness (QED) is 0.127. The van der Waals surface area contributed by atoms with E-state index in [1.54, 1.807) is 18.2 Å². The molecular weight excluding hydrogens is 685 g/mol. The lowest BCUT2D eigenvalue weighted by Gasteiger charge is -2.39. The van der Waals surface area contributed by atoms with Gasteiger partial charge in [0.1, 0.15) is 5.82 Å². The predicted molar refractivity (Wildman–Crippen MR) is 206 cm³/mol. The zero-order valence-electron chi connectivity index (χ0n) is 31.0. The van der Waals surface area contributed by atoms with Gasteiger partial charge in [-0.25, -0.2) is 4.98 Å². The summed E-state index contributed by atoms with van der Waals surface area (Å²) in [4.78, 5) is 80.4. The number of nitrogens with zero attached hydrogens (tertiary/aromatic N) is 5. The number of amides is 3. The van der Waals surface area contributed by atoms with Crippen molar-refractivity contribution in [1.29, 1.82) is 0 Å². The molecule has 4 N–H and O–H groups in total. The van der Waals surface area contributed by atoms with Crippen molar-refractivity contribution in [3.8, 4) is 0 Å². The summed E-state index contributed by atoms with van der Waals surface area (Å²) in [5, 5.41) is 5.61. The lowest BCUT2D eigenvalue weighted by atomic mass is 9.82. The molecule has 0 bridgehead atoms. The van der Waals surface area contributed by atoms with E-state index >= 15 is 0 Å². The molecule has 0 saturated carbocycles. The molecule has 1 aromatic heterocycles. The van der Waals surface area contributed by atoms with Gasteiger partial charge in [0.25, 0.3) is 0 Å². The lowest BCUT2D eigenvalue weighted by molar-refractivity contribution is -0.137. The van der Waals surface area contributed by atoms with Gasteiger partial charge in [-0.2, -0.15) is 4.98 Å². The maximum atomic E-state index is 14.0. The lowest BCUT2D eigenvalue weighted by Crippen LogP contribution is -2.47. The number of unbranched alkanes of at least 4 members (excludes halogenated alkanes) is 2. The van der Waals surface area contributed by atoms with Gasteiger partial charge in [-0.15, -0.1) is 0 Å². The third-order valence-electron chi connectivity index (χ3n) is 11.4. The van der Waals surface area contributed by atoms with E-state index in [1.165, 1.54) is 18.5 Å². The number of imide groups is 1.